The number of aliphatic hydroxyl groups excluding tert-OH is 6. The van der Waals surface area contributed by atoms with E-state index in [9.17, 15) is 30.6 Å². The lowest BCUT2D eigenvalue weighted by atomic mass is 9.98. The van der Waals surface area contributed by atoms with E-state index in [-0.39, 0.29) is 12.5 Å². The van der Waals surface area contributed by atoms with Crippen LogP contribution < -0.4 is 0 Å². The second kappa shape index (κ2) is 6.82. The van der Waals surface area contributed by atoms with Crippen molar-refractivity contribution in [1.29, 1.82) is 0 Å². The number of aliphatic hydroxyl groups is 6. The second-order valence-corrected chi connectivity index (χ2v) is 5.44. The molecule has 9 atom stereocenters. The molecule has 2 aliphatic heterocycles. The Morgan fingerprint density at radius 2 is 1.67 bits per heavy atom. The third-order valence-electron chi connectivity index (χ3n) is 3.74. The molecule has 0 aromatic carbocycles. The van der Waals surface area contributed by atoms with Gasteiger partial charge in [-0.15, -0.1) is 0 Å². The summed E-state index contributed by atoms with van der Waals surface area (Å²) in [6.07, 6.45) is -10.9. The summed E-state index contributed by atoms with van der Waals surface area (Å²) in [5.74, 6) is 0. The molecule has 0 aliphatic carbocycles. The van der Waals surface area contributed by atoms with Gasteiger partial charge < -0.3 is 44.8 Å². The number of ether oxygens (including phenoxy) is 3. The molecule has 2 heterocycles. The summed E-state index contributed by atoms with van der Waals surface area (Å²) in [5.41, 5.74) is 0. The van der Waals surface area contributed by atoms with Crippen molar-refractivity contribution in [3.05, 3.63) is 0 Å². The average molecular weight is 310 g/mol. The minimum absolute atomic E-state index is 0.232. The molecule has 2 fully saturated rings. The van der Waals surface area contributed by atoms with Gasteiger partial charge in [-0.3, -0.25) is 0 Å². The van der Waals surface area contributed by atoms with Gasteiger partial charge >= 0.3 is 0 Å². The fraction of sp³-hybridized carbons (Fsp3) is 1.00. The molecule has 9 heteroatoms. The van der Waals surface area contributed by atoms with Crippen molar-refractivity contribution in [1.82, 2.24) is 0 Å². The van der Waals surface area contributed by atoms with Gasteiger partial charge in [0, 0.05) is 6.42 Å². The number of hydrogen-bond acceptors (Lipinski definition) is 9. The third kappa shape index (κ3) is 3.52. The molecule has 0 saturated carbocycles. The fourth-order valence-corrected chi connectivity index (χ4v) is 2.53. The van der Waals surface area contributed by atoms with E-state index in [2.05, 4.69) is 0 Å². The molecule has 2 saturated heterocycles. The Kier molecular flexibility index (Phi) is 5.52. The van der Waals surface area contributed by atoms with E-state index < -0.39 is 55.8 Å². The lowest BCUT2D eigenvalue weighted by molar-refractivity contribution is -0.342. The van der Waals surface area contributed by atoms with Crippen LogP contribution in [-0.2, 0) is 14.2 Å². The first kappa shape index (κ1) is 17.0. The molecular formula is C12H22O9. The highest BCUT2D eigenvalue weighted by molar-refractivity contribution is 4.91. The van der Waals surface area contributed by atoms with E-state index >= 15 is 0 Å². The topological polar surface area (TPSA) is 149 Å². The third-order valence-corrected chi connectivity index (χ3v) is 3.74. The van der Waals surface area contributed by atoms with Crippen LogP contribution in [0.15, 0.2) is 0 Å². The molecule has 0 unspecified atom stereocenters. The van der Waals surface area contributed by atoms with Crippen LogP contribution in [0.25, 0.3) is 0 Å². The highest BCUT2D eigenvalue weighted by Crippen LogP contribution is 2.28. The maximum Gasteiger partial charge on any atom is 0.186 e. The predicted octanol–water partition coefficient (Wildman–Crippen LogP) is -3.34. The predicted molar refractivity (Wildman–Crippen MR) is 65.8 cm³/mol. The standard InChI is InChI=1S/C12H22O9/c1-4-2-5(14)7(15)12(19-4)21-10-6(3-13)20-11(18)9(17)8(10)16/h4-18H,2-3H2,1H3/t4-,5+,6-,7-,8-,9-,10-,11+,12-/m1/s1. The first-order valence-corrected chi connectivity index (χ1v) is 6.82. The van der Waals surface area contributed by atoms with Crippen molar-refractivity contribution < 1.29 is 44.8 Å². The molecule has 0 bridgehead atoms. The quantitative estimate of drug-likeness (QED) is 0.314. The van der Waals surface area contributed by atoms with Gasteiger partial charge in [0.05, 0.1) is 18.8 Å². The van der Waals surface area contributed by atoms with Crippen LogP contribution in [-0.4, -0.2) is 92.6 Å². The minimum Gasteiger partial charge on any atom is -0.394 e. The van der Waals surface area contributed by atoms with Crippen LogP contribution in [0, 0.1) is 0 Å². The van der Waals surface area contributed by atoms with Crippen molar-refractivity contribution in [3.63, 3.8) is 0 Å². The zero-order chi connectivity index (χ0) is 15.7. The smallest absolute Gasteiger partial charge is 0.186 e. The van der Waals surface area contributed by atoms with Gasteiger partial charge in [-0.2, -0.15) is 0 Å². The fourth-order valence-electron chi connectivity index (χ4n) is 2.53. The van der Waals surface area contributed by atoms with Gasteiger partial charge in [-0.25, -0.2) is 0 Å². The van der Waals surface area contributed by atoms with Crippen LogP contribution in [0.5, 0.6) is 0 Å². The van der Waals surface area contributed by atoms with Crippen LogP contribution in [0.3, 0.4) is 0 Å². The molecule has 21 heavy (non-hydrogen) atoms. The van der Waals surface area contributed by atoms with Crippen LogP contribution in [0.1, 0.15) is 13.3 Å². The molecule has 0 radical (unpaired) electrons. The molecule has 6 N–H and O–H groups in total. The zero-order valence-corrected chi connectivity index (χ0v) is 11.5. The summed E-state index contributed by atoms with van der Waals surface area (Å²) in [5, 5.41) is 57.7. The summed E-state index contributed by atoms with van der Waals surface area (Å²) in [6.45, 7) is 1.10. The molecule has 0 aromatic rings. The van der Waals surface area contributed by atoms with E-state index in [1.54, 1.807) is 6.92 Å². The summed E-state index contributed by atoms with van der Waals surface area (Å²) < 4.78 is 15.7. The Balaban J connectivity index is 2.08. The Hall–Kier alpha value is -0.360. The first-order chi connectivity index (χ1) is 9.85. The van der Waals surface area contributed by atoms with E-state index in [0.29, 0.717) is 0 Å². The van der Waals surface area contributed by atoms with Gasteiger partial charge in [-0.1, -0.05) is 0 Å². The Bertz CT molecular complexity index is 339. The first-order valence-electron chi connectivity index (χ1n) is 6.82. The summed E-state index contributed by atoms with van der Waals surface area (Å²) in [4.78, 5) is 0. The lowest BCUT2D eigenvalue weighted by Crippen LogP contribution is -2.62. The summed E-state index contributed by atoms with van der Waals surface area (Å²) in [7, 11) is 0. The number of hydrogen-bond donors (Lipinski definition) is 6. The van der Waals surface area contributed by atoms with Crippen LogP contribution >= 0.6 is 0 Å². The highest BCUT2D eigenvalue weighted by atomic mass is 16.7. The van der Waals surface area contributed by atoms with Crippen molar-refractivity contribution in [3.8, 4) is 0 Å². The van der Waals surface area contributed by atoms with E-state index in [0.717, 1.165) is 0 Å². The zero-order valence-electron chi connectivity index (χ0n) is 11.5. The second-order valence-electron chi connectivity index (χ2n) is 5.44. The summed E-state index contributed by atoms with van der Waals surface area (Å²) >= 11 is 0. The highest BCUT2D eigenvalue weighted by Gasteiger charge is 2.47. The molecule has 0 aromatic heterocycles. The molecule has 124 valence electrons. The Labute approximate surface area is 121 Å². The average Bonchev–Trinajstić information content (AvgIpc) is 2.44. The van der Waals surface area contributed by atoms with Crippen LogP contribution in [0.4, 0.5) is 0 Å². The molecule has 0 spiro atoms. The van der Waals surface area contributed by atoms with E-state index in [4.69, 9.17) is 14.2 Å². The maximum absolute atomic E-state index is 9.93. The monoisotopic (exact) mass is 310 g/mol. The van der Waals surface area contributed by atoms with Crippen molar-refractivity contribution in [2.24, 2.45) is 0 Å². The van der Waals surface area contributed by atoms with Crippen molar-refractivity contribution in [2.45, 2.75) is 68.7 Å². The van der Waals surface area contributed by atoms with Gasteiger partial charge in [0.1, 0.15) is 30.5 Å². The van der Waals surface area contributed by atoms with Gasteiger partial charge in [-0.05, 0) is 6.92 Å². The van der Waals surface area contributed by atoms with Gasteiger partial charge in [0.2, 0.25) is 0 Å². The van der Waals surface area contributed by atoms with E-state index in [1.165, 1.54) is 0 Å². The van der Waals surface area contributed by atoms with Gasteiger partial charge in [0.15, 0.2) is 12.6 Å². The number of rotatable bonds is 3. The molecule has 9 nitrogen and oxygen atoms in total. The SMILES string of the molecule is C[C@@H]1C[C@H](O)[C@@H](O)[C@@H](O[C@H]2[C@H](O)[C@@H](O)[C@@H](O)O[C@@H]2CO)O1. The largest absolute Gasteiger partial charge is 0.394 e. The maximum atomic E-state index is 9.93. The lowest BCUT2D eigenvalue weighted by Gasteiger charge is -2.43. The molecule has 2 aliphatic rings. The van der Waals surface area contributed by atoms with Crippen molar-refractivity contribution in [2.75, 3.05) is 6.61 Å². The molecule has 2 rings (SSSR count). The Morgan fingerprint density at radius 3 is 2.29 bits per heavy atom. The normalized spacial score (nSPS) is 51.9. The summed E-state index contributed by atoms with van der Waals surface area (Å²) in [6, 6.07) is 0. The molecule has 0 amide bonds. The van der Waals surface area contributed by atoms with E-state index in [1.807, 2.05) is 0 Å². The minimum atomic E-state index is -1.65. The molecular weight excluding hydrogens is 288 g/mol. The van der Waals surface area contributed by atoms with Crippen molar-refractivity contribution >= 4 is 0 Å². The van der Waals surface area contributed by atoms with Gasteiger partial charge in [0.25, 0.3) is 0 Å². The van der Waals surface area contributed by atoms with Crippen LogP contribution in [0.2, 0.25) is 0 Å². The Morgan fingerprint density at radius 1 is 1.00 bits per heavy atom.